The first kappa shape index (κ1) is 36.5. The lowest BCUT2D eigenvalue weighted by atomic mass is 9.84. The van der Waals surface area contributed by atoms with Crippen molar-refractivity contribution in [1.82, 2.24) is 19.6 Å². The maximum atomic E-state index is 14.4. The monoisotopic (exact) mass is 748 g/mol. The summed E-state index contributed by atoms with van der Waals surface area (Å²) >= 11 is 1.52. The van der Waals surface area contributed by atoms with Crippen molar-refractivity contribution >= 4 is 49.9 Å². The number of carbonyl (C=O) groups is 3. The Bertz CT molecular complexity index is 2040. The molecule has 0 radical (unpaired) electrons. The lowest BCUT2D eigenvalue weighted by Gasteiger charge is -2.26. The van der Waals surface area contributed by atoms with Crippen molar-refractivity contribution in [2.75, 3.05) is 20.7 Å². The van der Waals surface area contributed by atoms with Crippen LogP contribution in [-0.2, 0) is 24.4 Å². The van der Waals surface area contributed by atoms with Crippen LogP contribution >= 0.6 is 11.3 Å². The summed E-state index contributed by atoms with van der Waals surface area (Å²) in [4.78, 5) is 53.7. The standard InChI is InChI=1S/C39H48N4O7S2/c1-22(2)31-21-51-36(41-31)30-18-34(27-13-14-33(49-5)23(3)35(27)40-30)50-25-16-28-29(17-25)37(45)43(4)15-9-7-6-8-10-24-19-39(24,20-32(28)44)38(46)42-52(47,48)26-11-12-26/h8,10,13-14,18,21-22,24-26,28-29H,6-7,9,11-12,15-17,19-20H2,1-5H3,(H,42,46)/b10-8-/t24-,25+,28+,29+,39+/m0/s1. The third kappa shape index (κ3) is 7.10. The Morgan fingerprint density at radius 1 is 1.10 bits per heavy atom. The molecule has 278 valence electrons. The largest absolute Gasteiger partial charge is 0.496 e. The number of carbonyl (C=O) groups excluding carboxylic acids is 3. The molecule has 3 heterocycles. The van der Waals surface area contributed by atoms with Crippen molar-refractivity contribution in [2.45, 2.75) is 95.8 Å². The van der Waals surface area contributed by atoms with Gasteiger partial charge < -0.3 is 14.4 Å². The molecule has 2 amide bonds. The number of ketones is 1. The van der Waals surface area contributed by atoms with Gasteiger partial charge in [-0.1, -0.05) is 26.0 Å². The number of hydrogen-bond donors (Lipinski definition) is 1. The van der Waals surface area contributed by atoms with E-state index in [1.54, 1.807) is 19.1 Å². The average Bonchev–Trinajstić information content (AvgIpc) is 3.98. The van der Waals surface area contributed by atoms with Gasteiger partial charge in [-0.3, -0.25) is 19.1 Å². The predicted octanol–water partition coefficient (Wildman–Crippen LogP) is 6.34. The highest BCUT2D eigenvalue weighted by Crippen LogP contribution is 2.58. The van der Waals surface area contributed by atoms with E-state index in [-0.39, 0.29) is 29.9 Å². The first-order valence-electron chi connectivity index (χ1n) is 18.4. The number of Topliss-reactive ketones (excluding diaryl/α,β-unsaturated/α-hetero) is 1. The van der Waals surface area contributed by atoms with Crippen LogP contribution in [0.25, 0.3) is 21.6 Å². The van der Waals surface area contributed by atoms with Gasteiger partial charge in [-0.15, -0.1) is 11.3 Å². The van der Waals surface area contributed by atoms with Crippen molar-refractivity contribution in [3.63, 3.8) is 0 Å². The van der Waals surface area contributed by atoms with Crippen LogP contribution in [0.1, 0.15) is 88.8 Å². The molecule has 52 heavy (non-hydrogen) atoms. The average molecular weight is 749 g/mol. The van der Waals surface area contributed by atoms with E-state index in [4.69, 9.17) is 19.4 Å². The van der Waals surface area contributed by atoms with Gasteiger partial charge in [0.25, 0.3) is 0 Å². The van der Waals surface area contributed by atoms with E-state index in [0.29, 0.717) is 55.8 Å². The number of pyridine rings is 1. The van der Waals surface area contributed by atoms with Crippen LogP contribution in [0.4, 0.5) is 0 Å². The Kier molecular flexibility index (Phi) is 9.96. The van der Waals surface area contributed by atoms with Crippen molar-refractivity contribution < 1.29 is 32.3 Å². The molecule has 3 aliphatic carbocycles. The topological polar surface area (TPSA) is 145 Å². The molecule has 3 saturated carbocycles. The number of nitrogens with one attached hydrogen (secondary N) is 1. The van der Waals surface area contributed by atoms with Crippen LogP contribution in [0, 0.1) is 30.1 Å². The minimum atomic E-state index is -3.79. The molecular weight excluding hydrogens is 701 g/mol. The number of sulfonamides is 1. The molecule has 1 N–H and O–H groups in total. The molecule has 3 fully saturated rings. The molecule has 5 atom stereocenters. The minimum Gasteiger partial charge on any atom is -0.496 e. The summed E-state index contributed by atoms with van der Waals surface area (Å²) in [5, 5.41) is 3.04. The van der Waals surface area contributed by atoms with Gasteiger partial charge in [0.15, 0.2) is 0 Å². The number of ether oxygens (including phenoxy) is 2. The summed E-state index contributed by atoms with van der Waals surface area (Å²) in [6.45, 7) is 6.73. The number of hydrogen-bond acceptors (Lipinski definition) is 10. The summed E-state index contributed by atoms with van der Waals surface area (Å²) in [5.41, 5.74) is 2.08. The van der Waals surface area contributed by atoms with E-state index in [1.165, 1.54) is 11.3 Å². The van der Waals surface area contributed by atoms with Crippen molar-refractivity contribution in [1.29, 1.82) is 0 Å². The quantitative estimate of drug-likeness (QED) is 0.261. The van der Waals surface area contributed by atoms with E-state index in [9.17, 15) is 22.8 Å². The zero-order valence-electron chi connectivity index (χ0n) is 30.5. The number of methoxy groups -OCH3 is 1. The van der Waals surface area contributed by atoms with Gasteiger partial charge in [0.05, 0.1) is 34.9 Å². The van der Waals surface area contributed by atoms with E-state index < -0.39 is 44.5 Å². The fourth-order valence-electron chi connectivity index (χ4n) is 7.90. The van der Waals surface area contributed by atoms with Gasteiger partial charge in [-0.25, -0.2) is 18.4 Å². The van der Waals surface area contributed by atoms with E-state index in [1.807, 2.05) is 42.7 Å². The maximum Gasteiger partial charge on any atom is 0.240 e. The van der Waals surface area contributed by atoms with Crippen molar-refractivity contribution in [2.24, 2.45) is 23.2 Å². The Hall–Kier alpha value is -3.84. The van der Waals surface area contributed by atoms with Gasteiger partial charge in [0.2, 0.25) is 21.8 Å². The van der Waals surface area contributed by atoms with Crippen LogP contribution < -0.4 is 14.2 Å². The van der Waals surface area contributed by atoms with Gasteiger partial charge in [-0.05, 0) is 82.3 Å². The molecule has 13 heteroatoms. The fraction of sp³-hybridized carbons (Fsp3) is 0.564. The van der Waals surface area contributed by atoms with Crippen molar-refractivity contribution in [3.8, 4) is 22.2 Å². The number of benzene rings is 1. The van der Waals surface area contributed by atoms with Gasteiger partial charge in [-0.2, -0.15) is 0 Å². The zero-order chi connectivity index (χ0) is 36.9. The Morgan fingerprint density at radius 3 is 2.58 bits per heavy atom. The minimum absolute atomic E-state index is 0.107. The molecule has 11 nitrogen and oxygen atoms in total. The lowest BCUT2D eigenvalue weighted by molar-refractivity contribution is -0.140. The molecule has 0 unspecified atom stereocenters. The van der Waals surface area contributed by atoms with Gasteiger partial charge in [0, 0.05) is 48.3 Å². The first-order chi connectivity index (χ1) is 24.8. The third-order valence-electron chi connectivity index (χ3n) is 11.4. The summed E-state index contributed by atoms with van der Waals surface area (Å²) in [6, 6.07) is 5.70. The third-order valence-corrected chi connectivity index (χ3v) is 14.1. The maximum absolute atomic E-state index is 14.4. The SMILES string of the molecule is COc1ccc2c(O[C@@H]3C[C@H]4C(=O)C[C@]5(C(=O)NS(=O)(=O)C6CC6)C[C@@H]5/C=C\CCCCN(C)C(=O)[C@@H]4C3)cc(-c3nc(C(C)C)cs3)nc2c1C. The smallest absolute Gasteiger partial charge is 0.240 e. The second kappa shape index (κ2) is 14.2. The van der Waals surface area contributed by atoms with Gasteiger partial charge >= 0.3 is 0 Å². The lowest BCUT2D eigenvalue weighted by Crippen LogP contribution is -2.42. The summed E-state index contributed by atoms with van der Waals surface area (Å²) in [7, 11) is -0.379. The normalized spacial score (nSPS) is 27.5. The van der Waals surface area contributed by atoms with E-state index in [0.717, 1.165) is 46.4 Å². The molecule has 0 spiro atoms. The molecule has 1 aliphatic heterocycles. The highest BCUT2D eigenvalue weighted by Gasteiger charge is 2.61. The molecule has 2 aromatic heterocycles. The number of rotatable bonds is 8. The first-order valence-corrected chi connectivity index (χ1v) is 20.8. The Morgan fingerprint density at radius 2 is 1.87 bits per heavy atom. The van der Waals surface area contributed by atoms with Crippen LogP contribution in [0.15, 0.2) is 35.7 Å². The van der Waals surface area contributed by atoms with Gasteiger partial charge in [0.1, 0.15) is 34.1 Å². The molecule has 3 aromatic rings. The molecule has 7 rings (SSSR count). The fourth-order valence-corrected chi connectivity index (χ4v) is 10.2. The van der Waals surface area contributed by atoms with Crippen LogP contribution in [0.5, 0.6) is 11.5 Å². The number of fused-ring (bicyclic) bond motifs is 3. The number of aromatic nitrogens is 2. The molecule has 1 aromatic carbocycles. The van der Waals surface area contributed by atoms with Crippen molar-refractivity contribution in [3.05, 3.63) is 47.0 Å². The molecule has 0 bridgehead atoms. The number of aryl methyl sites for hydroxylation is 1. The summed E-state index contributed by atoms with van der Waals surface area (Å²) in [5.74, 6) is -0.909. The predicted molar refractivity (Wildman–Crippen MR) is 200 cm³/mol. The number of nitrogens with zero attached hydrogens (tertiary/aromatic N) is 3. The Labute approximate surface area is 309 Å². The number of allylic oxidation sites excluding steroid dienone is 2. The van der Waals surface area contributed by atoms with E-state index >= 15 is 0 Å². The van der Waals surface area contributed by atoms with Crippen LogP contribution in [0.3, 0.4) is 0 Å². The number of thiazole rings is 1. The molecule has 0 saturated heterocycles. The highest BCUT2D eigenvalue weighted by molar-refractivity contribution is 7.90. The van der Waals surface area contributed by atoms with E-state index in [2.05, 4.69) is 18.6 Å². The van der Waals surface area contributed by atoms with Crippen LogP contribution in [-0.4, -0.2) is 72.9 Å². The number of amides is 2. The zero-order valence-corrected chi connectivity index (χ0v) is 32.1. The molecular formula is C39H48N4O7S2. The summed E-state index contributed by atoms with van der Waals surface area (Å²) in [6.07, 6.45) is 7.95. The highest BCUT2D eigenvalue weighted by atomic mass is 32.2. The second-order valence-corrected chi connectivity index (χ2v) is 18.2. The molecule has 4 aliphatic rings. The second-order valence-electron chi connectivity index (χ2n) is 15.4. The Balaban J connectivity index is 1.21. The van der Waals surface area contributed by atoms with Crippen LogP contribution in [0.2, 0.25) is 0 Å². The summed E-state index contributed by atoms with van der Waals surface area (Å²) < 4.78 is 40.4.